The van der Waals surface area contributed by atoms with Crippen molar-refractivity contribution in [3.63, 3.8) is 0 Å². The topological polar surface area (TPSA) is 74.0 Å². The van der Waals surface area contributed by atoms with Gasteiger partial charge in [-0.3, -0.25) is 5.43 Å². The first-order chi connectivity index (χ1) is 16.0. The van der Waals surface area contributed by atoms with Crippen LogP contribution in [0.4, 0.5) is 27.2 Å². The van der Waals surface area contributed by atoms with Crippen LogP contribution in [0.3, 0.4) is 0 Å². The van der Waals surface area contributed by atoms with Crippen LogP contribution in [0.1, 0.15) is 23.7 Å². The number of nitrogens with zero attached hydrogens (tertiary/aromatic N) is 4. The Morgan fingerprint density at radius 2 is 1.70 bits per heavy atom. The van der Waals surface area contributed by atoms with Gasteiger partial charge in [0.2, 0.25) is 5.13 Å². The van der Waals surface area contributed by atoms with Gasteiger partial charge in [-0.2, -0.15) is 5.10 Å². The van der Waals surface area contributed by atoms with Gasteiger partial charge >= 0.3 is 0 Å². The zero-order chi connectivity index (χ0) is 22.8. The van der Waals surface area contributed by atoms with Gasteiger partial charge in [0.05, 0.1) is 28.5 Å². The second-order valence-corrected chi connectivity index (χ2v) is 9.75. The van der Waals surface area contributed by atoms with Crippen molar-refractivity contribution in [2.24, 2.45) is 15.3 Å². The van der Waals surface area contributed by atoms with Crippen molar-refractivity contribution < 1.29 is 0 Å². The Morgan fingerprint density at radius 1 is 0.909 bits per heavy atom. The Labute approximate surface area is 200 Å². The van der Waals surface area contributed by atoms with E-state index < -0.39 is 0 Å². The van der Waals surface area contributed by atoms with Gasteiger partial charge < -0.3 is 5.32 Å². The van der Waals surface area contributed by atoms with Crippen LogP contribution in [0.15, 0.2) is 91.9 Å². The third kappa shape index (κ3) is 4.81. The van der Waals surface area contributed by atoms with E-state index in [-0.39, 0.29) is 0 Å². The van der Waals surface area contributed by atoms with Gasteiger partial charge in [0.15, 0.2) is 5.00 Å². The summed E-state index contributed by atoms with van der Waals surface area (Å²) < 4.78 is 0. The minimum atomic E-state index is 0.685. The van der Waals surface area contributed by atoms with Crippen molar-refractivity contribution in [3.8, 4) is 0 Å². The summed E-state index contributed by atoms with van der Waals surface area (Å²) in [6.45, 7) is 5.96. The van der Waals surface area contributed by atoms with E-state index in [0.29, 0.717) is 5.13 Å². The van der Waals surface area contributed by atoms with Gasteiger partial charge in [0.1, 0.15) is 0 Å². The number of thiazole rings is 1. The monoisotopic (exact) mass is 470 g/mol. The summed E-state index contributed by atoms with van der Waals surface area (Å²) in [5, 5.41) is 18.2. The number of hydrogen-bond acceptors (Lipinski definition) is 8. The highest BCUT2D eigenvalue weighted by molar-refractivity contribution is 7.99. The molecular formula is C25H22N6S2. The minimum Gasteiger partial charge on any atom is -0.354 e. The number of hydrazone groups is 1. The molecule has 0 saturated carbocycles. The fraction of sp³-hybridized carbons (Fsp3) is 0.120. The molecule has 0 fully saturated rings. The standard InChI is InChI=1S/C25H22N6S2/c1-15-8-11-19(12-9-15)29-30-24-17(3)26-25(33-24)31-28-16(2)18-10-13-23-21(14-18)27-20-6-4-5-7-22(20)32-23/h4-14,27H,1-3H3,(H,26,31). The first-order valence-corrected chi connectivity index (χ1v) is 12.1. The molecule has 0 bridgehead atoms. The number of benzene rings is 3. The van der Waals surface area contributed by atoms with Crippen molar-refractivity contribution in [3.05, 3.63) is 83.6 Å². The summed E-state index contributed by atoms with van der Waals surface area (Å²) in [6.07, 6.45) is 0. The highest BCUT2D eigenvalue weighted by Gasteiger charge is 2.16. The van der Waals surface area contributed by atoms with Crippen LogP contribution in [0.2, 0.25) is 0 Å². The fourth-order valence-electron chi connectivity index (χ4n) is 3.30. The number of azo groups is 1. The van der Waals surface area contributed by atoms with Crippen LogP contribution in [-0.2, 0) is 0 Å². The van der Waals surface area contributed by atoms with Crippen LogP contribution in [0.25, 0.3) is 0 Å². The molecule has 164 valence electrons. The summed E-state index contributed by atoms with van der Waals surface area (Å²) in [7, 11) is 0. The lowest BCUT2D eigenvalue weighted by Gasteiger charge is -2.21. The molecule has 2 N–H and O–H groups in total. The lowest BCUT2D eigenvalue weighted by Crippen LogP contribution is -2.04. The van der Waals surface area contributed by atoms with Crippen molar-refractivity contribution in [1.82, 2.24) is 4.98 Å². The van der Waals surface area contributed by atoms with Crippen molar-refractivity contribution in [2.75, 3.05) is 10.7 Å². The maximum atomic E-state index is 4.55. The number of nitrogens with one attached hydrogen (secondary N) is 2. The van der Waals surface area contributed by atoms with Gasteiger partial charge in [-0.1, -0.05) is 59.0 Å². The smallest absolute Gasteiger partial charge is 0.205 e. The number of hydrogen-bond donors (Lipinski definition) is 2. The van der Waals surface area contributed by atoms with Crippen LogP contribution >= 0.6 is 23.1 Å². The number of rotatable bonds is 5. The largest absolute Gasteiger partial charge is 0.354 e. The Bertz CT molecular complexity index is 1370. The summed E-state index contributed by atoms with van der Waals surface area (Å²) in [5.41, 5.74) is 10.0. The van der Waals surface area contributed by atoms with E-state index in [4.69, 9.17) is 0 Å². The molecule has 0 radical (unpaired) electrons. The molecule has 1 aliphatic heterocycles. The summed E-state index contributed by atoms with van der Waals surface area (Å²) >= 11 is 3.20. The molecule has 0 atom stereocenters. The molecule has 8 heteroatoms. The van der Waals surface area contributed by atoms with Gasteiger partial charge in [0.25, 0.3) is 0 Å². The van der Waals surface area contributed by atoms with Crippen LogP contribution in [-0.4, -0.2) is 10.7 Å². The zero-order valence-electron chi connectivity index (χ0n) is 18.5. The lowest BCUT2D eigenvalue weighted by molar-refractivity contribution is 1.17. The minimum absolute atomic E-state index is 0.685. The number of aromatic nitrogens is 1. The normalized spacial score (nSPS) is 12.9. The van der Waals surface area contributed by atoms with Crippen molar-refractivity contribution in [2.45, 2.75) is 30.6 Å². The third-order valence-corrected chi connectivity index (χ3v) is 7.25. The van der Waals surface area contributed by atoms with E-state index in [0.717, 1.165) is 39.0 Å². The van der Waals surface area contributed by atoms with E-state index in [9.17, 15) is 0 Å². The molecule has 3 aromatic carbocycles. The van der Waals surface area contributed by atoms with E-state index in [1.807, 2.05) is 51.1 Å². The summed E-state index contributed by atoms with van der Waals surface area (Å²) in [5.74, 6) is 0. The number of aryl methyl sites for hydroxylation is 2. The molecule has 1 aliphatic rings. The zero-order valence-corrected chi connectivity index (χ0v) is 20.1. The maximum absolute atomic E-state index is 4.55. The van der Waals surface area contributed by atoms with Gasteiger partial charge in [0, 0.05) is 9.79 Å². The van der Waals surface area contributed by atoms with Crippen molar-refractivity contribution in [1.29, 1.82) is 0 Å². The number of anilines is 3. The predicted molar refractivity (Wildman–Crippen MR) is 138 cm³/mol. The van der Waals surface area contributed by atoms with Gasteiger partial charge in [-0.15, -0.1) is 10.2 Å². The Hall–Kier alpha value is -3.49. The van der Waals surface area contributed by atoms with E-state index in [1.165, 1.54) is 26.7 Å². The van der Waals surface area contributed by atoms with Crippen molar-refractivity contribution >= 4 is 56.0 Å². The molecule has 0 spiro atoms. The fourth-order valence-corrected chi connectivity index (χ4v) is 5.00. The first kappa shape index (κ1) is 21.4. The second kappa shape index (κ2) is 9.17. The molecule has 0 aliphatic carbocycles. The first-order valence-electron chi connectivity index (χ1n) is 10.5. The average Bonchev–Trinajstić information content (AvgIpc) is 3.19. The predicted octanol–water partition coefficient (Wildman–Crippen LogP) is 8.22. The molecule has 1 aromatic heterocycles. The summed E-state index contributed by atoms with van der Waals surface area (Å²) in [6, 6.07) is 22.6. The number of para-hydroxylation sites is 1. The SMILES string of the molecule is CC(=NNc1nc(C)c(N=Nc2ccc(C)cc2)s1)c1ccc2c(c1)Nc1ccccc1S2. The summed E-state index contributed by atoms with van der Waals surface area (Å²) in [4.78, 5) is 6.97. The van der Waals surface area contributed by atoms with E-state index in [1.54, 1.807) is 11.8 Å². The van der Waals surface area contributed by atoms with Crippen LogP contribution < -0.4 is 10.7 Å². The van der Waals surface area contributed by atoms with Gasteiger partial charge in [-0.05, 0) is 62.7 Å². The van der Waals surface area contributed by atoms with Crippen LogP contribution in [0, 0.1) is 13.8 Å². The second-order valence-electron chi connectivity index (χ2n) is 7.69. The molecule has 0 saturated heterocycles. The third-order valence-electron chi connectivity index (χ3n) is 5.16. The average molecular weight is 471 g/mol. The molecule has 0 unspecified atom stereocenters. The van der Waals surface area contributed by atoms with Gasteiger partial charge in [-0.25, -0.2) is 4.98 Å². The Balaban J connectivity index is 1.29. The maximum Gasteiger partial charge on any atom is 0.205 e. The molecular weight excluding hydrogens is 448 g/mol. The Kier molecular flexibility index (Phi) is 5.93. The van der Waals surface area contributed by atoms with E-state index >= 15 is 0 Å². The van der Waals surface area contributed by atoms with Crippen LogP contribution in [0.5, 0.6) is 0 Å². The highest BCUT2D eigenvalue weighted by Crippen LogP contribution is 2.44. The Morgan fingerprint density at radius 3 is 2.55 bits per heavy atom. The van der Waals surface area contributed by atoms with E-state index in [2.05, 4.69) is 67.5 Å². The molecule has 33 heavy (non-hydrogen) atoms. The highest BCUT2D eigenvalue weighted by atomic mass is 32.2. The molecule has 5 rings (SSSR count). The quantitative estimate of drug-likeness (QED) is 0.154. The molecule has 6 nitrogen and oxygen atoms in total. The molecule has 2 heterocycles. The lowest BCUT2D eigenvalue weighted by atomic mass is 10.1. The number of fused-ring (bicyclic) bond motifs is 2. The molecule has 4 aromatic rings. The molecule has 0 amide bonds.